The fourth-order valence-corrected chi connectivity index (χ4v) is 2.52. The number of hydrogen-bond donors (Lipinski definition) is 2. The second kappa shape index (κ2) is 6.12. The van der Waals surface area contributed by atoms with Crippen molar-refractivity contribution in [2.24, 2.45) is 0 Å². The Bertz CT molecular complexity index is 809. The van der Waals surface area contributed by atoms with Crippen LogP contribution in [0, 0.1) is 0 Å². The van der Waals surface area contributed by atoms with Crippen molar-refractivity contribution >= 4 is 34.1 Å². The van der Waals surface area contributed by atoms with Gasteiger partial charge in [-0.15, -0.1) is 0 Å². The van der Waals surface area contributed by atoms with Gasteiger partial charge in [-0.2, -0.15) is 0 Å². The summed E-state index contributed by atoms with van der Waals surface area (Å²) in [6, 6.07) is 12.8. The minimum absolute atomic E-state index is 0.0777. The molecule has 5 heteroatoms. The molecule has 3 rings (SSSR count). The van der Waals surface area contributed by atoms with Crippen LogP contribution in [-0.2, 0) is 11.2 Å². The van der Waals surface area contributed by atoms with E-state index >= 15 is 0 Å². The Kier molecular flexibility index (Phi) is 4.02. The second-order valence-electron chi connectivity index (χ2n) is 4.96. The predicted molar refractivity (Wildman–Crippen MR) is 88.6 cm³/mol. The number of hydrogen-bond acceptors (Lipinski definition) is 2. The first kappa shape index (κ1) is 14.5. The number of methoxy groups -OCH3 is 1. The molecular weight excluding hydrogens is 300 g/mol. The molecule has 2 aromatic carbocycles. The summed E-state index contributed by atoms with van der Waals surface area (Å²) in [5.74, 6) is 0.676. The molecule has 0 saturated carbocycles. The molecule has 0 unspecified atom stereocenters. The number of rotatable bonds is 4. The molecule has 0 aliphatic carbocycles. The fraction of sp³-hybridized carbons (Fsp3) is 0.118. The number of H-pyrrole nitrogens is 1. The number of carbonyl (C=O) groups is 1. The van der Waals surface area contributed by atoms with Crippen molar-refractivity contribution in [2.75, 3.05) is 12.4 Å². The third kappa shape index (κ3) is 3.07. The van der Waals surface area contributed by atoms with Gasteiger partial charge in [0, 0.05) is 27.8 Å². The topological polar surface area (TPSA) is 54.1 Å². The highest BCUT2D eigenvalue weighted by Crippen LogP contribution is 2.23. The van der Waals surface area contributed by atoms with E-state index in [9.17, 15) is 4.79 Å². The monoisotopic (exact) mass is 314 g/mol. The van der Waals surface area contributed by atoms with Gasteiger partial charge >= 0.3 is 0 Å². The van der Waals surface area contributed by atoms with Crippen molar-refractivity contribution in [2.45, 2.75) is 6.42 Å². The van der Waals surface area contributed by atoms with Crippen molar-refractivity contribution in [1.82, 2.24) is 4.98 Å². The van der Waals surface area contributed by atoms with Crippen molar-refractivity contribution in [3.63, 3.8) is 0 Å². The maximum Gasteiger partial charge on any atom is 0.228 e. The largest absolute Gasteiger partial charge is 0.497 e. The van der Waals surface area contributed by atoms with Crippen molar-refractivity contribution in [3.8, 4) is 5.75 Å². The Hall–Kier alpha value is -2.46. The number of aromatic amines is 1. The van der Waals surface area contributed by atoms with E-state index in [4.69, 9.17) is 16.3 Å². The minimum Gasteiger partial charge on any atom is -0.497 e. The summed E-state index contributed by atoms with van der Waals surface area (Å²) < 4.78 is 5.09. The lowest BCUT2D eigenvalue weighted by molar-refractivity contribution is -0.115. The van der Waals surface area contributed by atoms with Gasteiger partial charge in [0.2, 0.25) is 5.91 Å². The molecule has 1 amide bonds. The van der Waals surface area contributed by atoms with Gasteiger partial charge in [-0.05, 0) is 48.0 Å². The van der Waals surface area contributed by atoms with Gasteiger partial charge < -0.3 is 15.0 Å². The molecule has 112 valence electrons. The Balaban J connectivity index is 1.73. The molecule has 4 nitrogen and oxygen atoms in total. The van der Waals surface area contributed by atoms with Crippen molar-refractivity contribution < 1.29 is 9.53 Å². The summed E-state index contributed by atoms with van der Waals surface area (Å²) in [7, 11) is 1.61. The molecule has 0 saturated heterocycles. The molecule has 0 aliphatic heterocycles. The van der Waals surface area contributed by atoms with Crippen LogP contribution >= 0.6 is 11.6 Å². The number of fused-ring (bicyclic) bond motifs is 1. The number of carbonyl (C=O) groups excluding carboxylic acids is 1. The van der Waals surface area contributed by atoms with Crippen LogP contribution in [0.5, 0.6) is 5.75 Å². The van der Waals surface area contributed by atoms with Crippen molar-refractivity contribution in [3.05, 3.63) is 59.2 Å². The second-order valence-corrected chi connectivity index (χ2v) is 5.39. The molecule has 3 aromatic rings. The number of amides is 1. The van der Waals surface area contributed by atoms with Gasteiger partial charge in [0.05, 0.1) is 13.5 Å². The molecule has 0 aliphatic rings. The molecular formula is C17H15ClN2O2. The molecule has 0 radical (unpaired) electrons. The van der Waals surface area contributed by atoms with Crippen LogP contribution < -0.4 is 10.1 Å². The normalized spacial score (nSPS) is 10.6. The number of ether oxygens (including phenoxy) is 1. The van der Waals surface area contributed by atoms with E-state index in [0.717, 1.165) is 27.9 Å². The maximum absolute atomic E-state index is 12.2. The van der Waals surface area contributed by atoms with Gasteiger partial charge in [0.25, 0.3) is 0 Å². The van der Waals surface area contributed by atoms with E-state index in [1.54, 1.807) is 19.2 Å². The van der Waals surface area contributed by atoms with Gasteiger partial charge in [-0.1, -0.05) is 11.6 Å². The lowest BCUT2D eigenvalue weighted by Crippen LogP contribution is -2.14. The van der Waals surface area contributed by atoms with Crippen LogP contribution in [-0.4, -0.2) is 18.0 Å². The lowest BCUT2D eigenvalue weighted by atomic mass is 10.1. The highest BCUT2D eigenvalue weighted by molar-refractivity contribution is 6.31. The Morgan fingerprint density at radius 1 is 1.23 bits per heavy atom. The van der Waals surface area contributed by atoms with Crippen LogP contribution in [0.3, 0.4) is 0 Å². The summed E-state index contributed by atoms with van der Waals surface area (Å²) in [4.78, 5) is 15.3. The van der Waals surface area contributed by atoms with E-state index in [1.165, 1.54) is 0 Å². The summed E-state index contributed by atoms with van der Waals surface area (Å²) in [5, 5.41) is 4.50. The summed E-state index contributed by atoms with van der Waals surface area (Å²) >= 11 is 6.02. The number of nitrogens with one attached hydrogen (secondary N) is 2. The zero-order valence-electron chi connectivity index (χ0n) is 12.0. The van der Waals surface area contributed by atoms with Crippen LogP contribution in [0.2, 0.25) is 5.02 Å². The Morgan fingerprint density at radius 2 is 2.00 bits per heavy atom. The average molecular weight is 315 g/mol. The minimum atomic E-state index is -0.0777. The highest BCUT2D eigenvalue weighted by atomic mass is 35.5. The summed E-state index contributed by atoms with van der Waals surface area (Å²) in [6.45, 7) is 0. The first-order valence-electron chi connectivity index (χ1n) is 6.85. The van der Waals surface area contributed by atoms with Gasteiger partial charge in [-0.25, -0.2) is 0 Å². The number of anilines is 1. The van der Waals surface area contributed by atoms with Gasteiger partial charge in [0.15, 0.2) is 0 Å². The number of aromatic nitrogens is 1. The van der Waals surface area contributed by atoms with E-state index < -0.39 is 0 Å². The van der Waals surface area contributed by atoms with E-state index in [2.05, 4.69) is 10.3 Å². The predicted octanol–water partition coefficient (Wildman–Crippen LogP) is 4.01. The molecule has 0 atom stereocenters. The number of halogens is 1. The molecule has 0 bridgehead atoms. The van der Waals surface area contributed by atoms with Gasteiger partial charge in [0.1, 0.15) is 5.75 Å². The van der Waals surface area contributed by atoms with E-state index in [-0.39, 0.29) is 12.3 Å². The lowest BCUT2D eigenvalue weighted by Gasteiger charge is -2.06. The number of benzene rings is 2. The first-order chi connectivity index (χ1) is 10.7. The standard InChI is InChI=1S/C17H15ClN2O2/c1-22-14-5-3-13(4-6-14)20-17(21)8-11-10-19-16-7-2-12(18)9-15(11)16/h2-7,9-10,19H,8H2,1H3,(H,20,21). The molecule has 0 spiro atoms. The summed E-state index contributed by atoms with van der Waals surface area (Å²) in [6.07, 6.45) is 2.13. The maximum atomic E-state index is 12.2. The van der Waals surface area contributed by atoms with E-state index in [1.807, 2.05) is 36.5 Å². The van der Waals surface area contributed by atoms with E-state index in [0.29, 0.717) is 5.02 Å². The third-order valence-corrected chi connectivity index (χ3v) is 3.69. The molecule has 0 fully saturated rings. The smallest absolute Gasteiger partial charge is 0.228 e. The first-order valence-corrected chi connectivity index (χ1v) is 7.23. The molecule has 1 heterocycles. The molecule has 2 N–H and O–H groups in total. The SMILES string of the molecule is COc1ccc(NC(=O)Cc2c[nH]c3ccc(Cl)cc23)cc1. The quantitative estimate of drug-likeness (QED) is 0.764. The van der Waals surface area contributed by atoms with Crippen LogP contribution in [0.15, 0.2) is 48.7 Å². The average Bonchev–Trinajstić information content (AvgIpc) is 2.90. The van der Waals surface area contributed by atoms with Crippen molar-refractivity contribution in [1.29, 1.82) is 0 Å². The van der Waals surface area contributed by atoms with Crippen LogP contribution in [0.1, 0.15) is 5.56 Å². The zero-order chi connectivity index (χ0) is 15.5. The van der Waals surface area contributed by atoms with Crippen LogP contribution in [0.4, 0.5) is 5.69 Å². The zero-order valence-corrected chi connectivity index (χ0v) is 12.8. The fourth-order valence-electron chi connectivity index (χ4n) is 2.35. The summed E-state index contributed by atoms with van der Waals surface area (Å²) in [5.41, 5.74) is 2.63. The Morgan fingerprint density at radius 3 is 2.73 bits per heavy atom. The highest BCUT2D eigenvalue weighted by Gasteiger charge is 2.09. The van der Waals surface area contributed by atoms with Gasteiger partial charge in [-0.3, -0.25) is 4.79 Å². The third-order valence-electron chi connectivity index (χ3n) is 3.45. The molecule has 1 aromatic heterocycles. The Labute approximate surface area is 133 Å². The molecule has 22 heavy (non-hydrogen) atoms. The van der Waals surface area contributed by atoms with Crippen LogP contribution in [0.25, 0.3) is 10.9 Å².